The Hall–Kier alpha value is -2.27. The molecule has 1 aromatic carbocycles. The lowest BCUT2D eigenvalue weighted by molar-refractivity contribution is 0.0926. The van der Waals surface area contributed by atoms with Crippen LogP contribution in [0.15, 0.2) is 42.7 Å². The molecule has 0 bridgehead atoms. The summed E-state index contributed by atoms with van der Waals surface area (Å²) >= 11 is 0. The number of carbonyl (C=O) groups excluding carboxylic acids is 1. The first-order valence-corrected chi connectivity index (χ1v) is 6.73. The summed E-state index contributed by atoms with van der Waals surface area (Å²) in [5.74, 6) is -1.03. The Kier molecular flexibility index (Phi) is 5.00. The maximum Gasteiger partial charge on any atom is 0.180 e. The number of carbonyl (C=O) groups is 1. The van der Waals surface area contributed by atoms with Gasteiger partial charge in [0.15, 0.2) is 5.78 Å². The van der Waals surface area contributed by atoms with E-state index < -0.39 is 5.82 Å². The first kappa shape index (κ1) is 15.1. The van der Waals surface area contributed by atoms with Gasteiger partial charge in [-0.05, 0) is 42.4 Å². The molecule has 2 aromatic rings. The van der Waals surface area contributed by atoms with Crippen molar-refractivity contribution in [3.63, 3.8) is 0 Å². The molecule has 0 saturated carbocycles. The van der Waals surface area contributed by atoms with E-state index in [1.807, 2.05) is 24.0 Å². The lowest BCUT2D eigenvalue weighted by atomic mass is 10.1. The fraction of sp³-hybridized carbons (Fsp3) is 0.250. The Balaban J connectivity index is 2.07. The van der Waals surface area contributed by atoms with E-state index in [9.17, 15) is 14.3 Å². The number of rotatable bonds is 6. The van der Waals surface area contributed by atoms with E-state index in [1.54, 1.807) is 12.4 Å². The van der Waals surface area contributed by atoms with Crippen LogP contribution in [0.1, 0.15) is 22.8 Å². The van der Waals surface area contributed by atoms with Crippen molar-refractivity contribution in [2.45, 2.75) is 13.5 Å². The number of halogens is 1. The minimum atomic E-state index is -0.534. The second-order valence-electron chi connectivity index (χ2n) is 4.74. The van der Waals surface area contributed by atoms with Gasteiger partial charge < -0.3 is 5.11 Å². The summed E-state index contributed by atoms with van der Waals surface area (Å²) in [6.45, 7) is 3.33. The normalized spacial score (nSPS) is 10.8. The van der Waals surface area contributed by atoms with Crippen LogP contribution in [0.5, 0.6) is 5.75 Å². The monoisotopic (exact) mass is 288 g/mol. The highest BCUT2D eigenvalue weighted by molar-refractivity contribution is 6.00. The van der Waals surface area contributed by atoms with Crippen LogP contribution in [-0.4, -0.2) is 33.9 Å². The molecule has 1 aromatic heterocycles. The van der Waals surface area contributed by atoms with Crippen molar-refractivity contribution < 1.29 is 14.3 Å². The highest BCUT2D eigenvalue weighted by Gasteiger charge is 2.16. The lowest BCUT2D eigenvalue weighted by Crippen LogP contribution is -2.29. The number of ketones is 1. The number of phenolic OH excluding ortho intramolecular Hbond substituents is 1. The van der Waals surface area contributed by atoms with Crippen LogP contribution in [0.3, 0.4) is 0 Å². The fourth-order valence-corrected chi connectivity index (χ4v) is 2.05. The zero-order valence-corrected chi connectivity index (χ0v) is 11.8. The van der Waals surface area contributed by atoms with E-state index in [1.165, 1.54) is 6.07 Å². The van der Waals surface area contributed by atoms with Crippen LogP contribution in [0.25, 0.3) is 0 Å². The number of hydrogen-bond acceptors (Lipinski definition) is 4. The van der Waals surface area contributed by atoms with Crippen molar-refractivity contribution in [1.29, 1.82) is 0 Å². The predicted molar refractivity (Wildman–Crippen MR) is 77.6 cm³/mol. The van der Waals surface area contributed by atoms with Crippen LogP contribution in [0.2, 0.25) is 0 Å². The van der Waals surface area contributed by atoms with Crippen molar-refractivity contribution in [2.24, 2.45) is 0 Å². The molecule has 21 heavy (non-hydrogen) atoms. The molecule has 2 rings (SSSR count). The van der Waals surface area contributed by atoms with Gasteiger partial charge in [0.25, 0.3) is 0 Å². The topological polar surface area (TPSA) is 53.4 Å². The molecule has 0 spiro atoms. The molecule has 0 aliphatic heterocycles. The maximum absolute atomic E-state index is 13.2. The summed E-state index contributed by atoms with van der Waals surface area (Å²) in [7, 11) is 0. The van der Waals surface area contributed by atoms with E-state index in [2.05, 4.69) is 4.98 Å². The summed E-state index contributed by atoms with van der Waals surface area (Å²) in [6.07, 6.45) is 3.40. The van der Waals surface area contributed by atoms with Crippen molar-refractivity contribution in [1.82, 2.24) is 9.88 Å². The molecular formula is C16H17FN2O2. The number of pyridine rings is 1. The molecule has 0 fully saturated rings. The molecule has 0 amide bonds. The number of likely N-dealkylation sites (N-methyl/N-ethyl adjacent to an activating group) is 1. The number of aromatic nitrogens is 1. The second-order valence-corrected chi connectivity index (χ2v) is 4.74. The molecule has 0 aliphatic carbocycles. The van der Waals surface area contributed by atoms with Crippen LogP contribution in [0, 0.1) is 5.82 Å². The van der Waals surface area contributed by atoms with Gasteiger partial charge in [0.2, 0.25) is 0 Å². The molecule has 0 radical (unpaired) electrons. The molecule has 1 heterocycles. The number of hydrogen-bond donors (Lipinski definition) is 1. The first-order valence-electron chi connectivity index (χ1n) is 6.73. The van der Waals surface area contributed by atoms with Crippen molar-refractivity contribution in [3.8, 4) is 5.75 Å². The molecule has 5 heteroatoms. The van der Waals surface area contributed by atoms with E-state index in [-0.39, 0.29) is 23.6 Å². The molecule has 0 aliphatic rings. The van der Waals surface area contributed by atoms with Gasteiger partial charge in [-0.1, -0.05) is 6.92 Å². The molecule has 0 atom stereocenters. The van der Waals surface area contributed by atoms with E-state index in [4.69, 9.17) is 0 Å². The van der Waals surface area contributed by atoms with Gasteiger partial charge in [0, 0.05) is 18.9 Å². The molecular weight excluding hydrogens is 271 g/mol. The summed E-state index contributed by atoms with van der Waals surface area (Å²) < 4.78 is 13.2. The average Bonchev–Trinajstić information content (AvgIpc) is 2.50. The third kappa shape index (κ3) is 4.10. The molecule has 0 unspecified atom stereocenters. The zero-order valence-electron chi connectivity index (χ0n) is 11.8. The number of Topliss-reactive ketones (excluding diaryl/α,β-unsaturated/α-hetero) is 1. The van der Waals surface area contributed by atoms with Crippen molar-refractivity contribution >= 4 is 5.78 Å². The van der Waals surface area contributed by atoms with Crippen molar-refractivity contribution in [2.75, 3.05) is 13.1 Å². The Labute approximate surface area is 122 Å². The van der Waals surface area contributed by atoms with Crippen LogP contribution in [0.4, 0.5) is 4.39 Å². The quantitative estimate of drug-likeness (QED) is 0.830. The van der Waals surface area contributed by atoms with Crippen LogP contribution >= 0.6 is 0 Å². The van der Waals surface area contributed by atoms with Gasteiger partial charge in [-0.2, -0.15) is 0 Å². The summed E-state index contributed by atoms with van der Waals surface area (Å²) in [5, 5.41) is 9.67. The van der Waals surface area contributed by atoms with Gasteiger partial charge in [-0.3, -0.25) is 14.7 Å². The maximum atomic E-state index is 13.2. The van der Waals surface area contributed by atoms with E-state index in [0.29, 0.717) is 13.1 Å². The van der Waals surface area contributed by atoms with Crippen LogP contribution < -0.4 is 0 Å². The predicted octanol–water partition coefficient (Wildman–Crippen LogP) is 2.63. The highest BCUT2D eigenvalue weighted by atomic mass is 19.1. The van der Waals surface area contributed by atoms with Gasteiger partial charge in [0.1, 0.15) is 11.6 Å². The van der Waals surface area contributed by atoms with E-state index >= 15 is 0 Å². The van der Waals surface area contributed by atoms with E-state index in [0.717, 1.165) is 17.7 Å². The molecule has 110 valence electrons. The largest absolute Gasteiger partial charge is 0.507 e. The van der Waals surface area contributed by atoms with Gasteiger partial charge in [-0.25, -0.2) is 4.39 Å². The van der Waals surface area contributed by atoms with Gasteiger partial charge in [-0.15, -0.1) is 0 Å². The number of benzene rings is 1. The molecule has 4 nitrogen and oxygen atoms in total. The first-order chi connectivity index (χ1) is 10.1. The summed E-state index contributed by atoms with van der Waals surface area (Å²) in [4.78, 5) is 18.1. The van der Waals surface area contributed by atoms with Crippen LogP contribution in [-0.2, 0) is 6.54 Å². The Morgan fingerprint density at radius 2 is 2.00 bits per heavy atom. The Bertz CT molecular complexity index is 617. The third-order valence-electron chi connectivity index (χ3n) is 3.23. The molecule has 1 N–H and O–H groups in total. The second kappa shape index (κ2) is 6.95. The fourth-order valence-electron chi connectivity index (χ4n) is 2.05. The minimum absolute atomic E-state index is 0.0168. The lowest BCUT2D eigenvalue weighted by Gasteiger charge is -2.19. The standard InChI is InChI=1S/C16H17FN2O2/c1-2-19(10-12-5-7-18-8-6-12)11-16(21)14-9-13(17)3-4-15(14)20/h3-9,20H,2,10-11H2,1H3. The minimum Gasteiger partial charge on any atom is -0.507 e. The average molecular weight is 288 g/mol. The van der Waals surface area contributed by atoms with Gasteiger partial charge >= 0.3 is 0 Å². The Morgan fingerprint density at radius 3 is 2.67 bits per heavy atom. The van der Waals surface area contributed by atoms with Gasteiger partial charge in [0.05, 0.1) is 12.1 Å². The third-order valence-corrected chi connectivity index (χ3v) is 3.23. The number of phenols is 1. The zero-order chi connectivity index (χ0) is 15.2. The number of nitrogens with zero attached hydrogens (tertiary/aromatic N) is 2. The number of aromatic hydroxyl groups is 1. The highest BCUT2D eigenvalue weighted by Crippen LogP contribution is 2.19. The Morgan fingerprint density at radius 1 is 1.29 bits per heavy atom. The van der Waals surface area contributed by atoms with Crippen molar-refractivity contribution in [3.05, 3.63) is 59.7 Å². The smallest absolute Gasteiger partial charge is 0.180 e. The molecule has 0 saturated heterocycles. The summed E-state index contributed by atoms with van der Waals surface area (Å²) in [6, 6.07) is 7.15. The SMILES string of the molecule is CCN(CC(=O)c1cc(F)ccc1O)Cc1ccncc1. The summed E-state index contributed by atoms with van der Waals surface area (Å²) in [5.41, 5.74) is 1.06.